The zero-order chi connectivity index (χ0) is 14.8. The Morgan fingerprint density at radius 1 is 0.727 bits per heavy atom. The first-order chi connectivity index (χ1) is 10.9. The third kappa shape index (κ3) is 2.43. The summed E-state index contributed by atoms with van der Waals surface area (Å²) < 4.78 is 0. The fourth-order valence-corrected chi connectivity index (χ4v) is 4.93. The van der Waals surface area contributed by atoms with Crippen LogP contribution >= 0.6 is 7.92 Å². The maximum atomic E-state index is 4.43. The van der Waals surface area contributed by atoms with E-state index < -0.39 is 7.92 Å². The molecule has 2 aromatic heterocycles. The van der Waals surface area contributed by atoms with E-state index in [0.717, 1.165) is 11.0 Å². The molecule has 2 nitrogen and oxygen atoms in total. The van der Waals surface area contributed by atoms with Gasteiger partial charge < -0.3 is 4.98 Å². The number of nitrogens with one attached hydrogen (secondary N) is 1. The van der Waals surface area contributed by atoms with Gasteiger partial charge in [0.1, 0.15) is 5.65 Å². The maximum Gasteiger partial charge on any atom is 0.137 e. The summed E-state index contributed by atoms with van der Waals surface area (Å²) in [6.45, 7) is 0. The predicted molar refractivity (Wildman–Crippen MR) is 94.8 cm³/mol. The number of pyridine rings is 1. The smallest absolute Gasteiger partial charge is 0.137 e. The van der Waals surface area contributed by atoms with Crippen molar-refractivity contribution in [2.24, 2.45) is 0 Å². The van der Waals surface area contributed by atoms with Crippen LogP contribution in [0.5, 0.6) is 0 Å². The van der Waals surface area contributed by atoms with Crippen molar-refractivity contribution < 1.29 is 0 Å². The Morgan fingerprint density at radius 2 is 1.36 bits per heavy atom. The van der Waals surface area contributed by atoms with Crippen LogP contribution in [-0.2, 0) is 0 Å². The first-order valence-electron chi connectivity index (χ1n) is 7.26. The Labute approximate surface area is 130 Å². The monoisotopic (exact) mass is 302 g/mol. The van der Waals surface area contributed by atoms with Crippen LogP contribution in [0.2, 0.25) is 0 Å². The summed E-state index contributed by atoms with van der Waals surface area (Å²) in [5.74, 6) is 0. The van der Waals surface area contributed by atoms with Crippen LogP contribution in [0.1, 0.15) is 0 Å². The Hall–Kier alpha value is -2.44. The normalized spacial score (nSPS) is 11.1. The third-order valence-electron chi connectivity index (χ3n) is 3.65. The summed E-state index contributed by atoms with van der Waals surface area (Å²) in [5.41, 5.74) is 2.19. The molecule has 106 valence electrons. The van der Waals surface area contributed by atoms with Gasteiger partial charge in [0, 0.05) is 24.9 Å². The van der Waals surface area contributed by atoms with E-state index in [1.54, 1.807) is 0 Å². The molecule has 4 rings (SSSR count). The summed E-state index contributed by atoms with van der Waals surface area (Å²) in [4.78, 5) is 7.94. The van der Waals surface area contributed by atoms with Gasteiger partial charge in [-0.2, -0.15) is 0 Å². The molecule has 0 saturated carbocycles. The van der Waals surface area contributed by atoms with E-state index in [0.29, 0.717) is 0 Å². The molecular weight excluding hydrogens is 287 g/mol. The Balaban J connectivity index is 1.90. The summed E-state index contributed by atoms with van der Waals surface area (Å²) in [5, 5.41) is 3.85. The van der Waals surface area contributed by atoms with Gasteiger partial charge in [-0.3, -0.25) is 0 Å². The van der Waals surface area contributed by atoms with Crippen LogP contribution in [-0.4, -0.2) is 9.97 Å². The first-order valence-corrected chi connectivity index (χ1v) is 8.60. The minimum Gasteiger partial charge on any atom is -0.339 e. The van der Waals surface area contributed by atoms with Crippen molar-refractivity contribution in [2.75, 3.05) is 0 Å². The van der Waals surface area contributed by atoms with Crippen molar-refractivity contribution >= 4 is 35.0 Å². The van der Waals surface area contributed by atoms with Gasteiger partial charge in [-0.15, -0.1) is 0 Å². The molecule has 0 spiro atoms. The molecule has 1 N–H and O–H groups in total. The Morgan fingerprint density at radius 3 is 1.95 bits per heavy atom. The predicted octanol–water partition coefficient (Wildman–Crippen LogP) is 3.32. The number of rotatable bonds is 3. The van der Waals surface area contributed by atoms with Gasteiger partial charge in [0.05, 0.1) is 0 Å². The number of aromatic nitrogens is 2. The van der Waals surface area contributed by atoms with Crippen molar-refractivity contribution in [1.82, 2.24) is 9.97 Å². The number of hydrogen-bond acceptors (Lipinski definition) is 1. The number of fused-ring (bicyclic) bond motifs is 1. The molecule has 0 radical (unpaired) electrons. The molecule has 0 aliphatic carbocycles. The highest BCUT2D eigenvalue weighted by Crippen LogP contribution is 2.33. The Bertz CT molecular complexity index is 812. The van der Waals surface area contributed by atoms with Gasteiger partial charge in [-0.05, 0) is 28.8 Å². The van der Waals surface area contributed by atoms with Gasteiger partial charge in [0.25, 0.3) is 0 Å². The second-order valence-electron chi connectivity index (χ2n) is 5.10. The standard InChI is InChI=1S/C19H15N2P/c1-3-9-16(10-4-1)22(17-11-5-2-6-12-17)18-14-15-8-7-13-20-19(15)21-18/h1-14H,(H,20,21). The van der Waals surface area contributed by atoms with E-state index in [1.807, 2.05) is 12.3 Å². The van der Waals surface area contributed by atoms with Gasteiger partial charge in [-0.25, -0.2) is 4.98 Å². The van der Waals surface area contributed by atoms with Crippen molar-refractivity contribution in [2.45, 2.75) is 0 Å². The molecule has 0 aliphatic heterocycles. The molecule has 0 atom stereocenters. The lowest BCUT2D eigenvalue weighted by Gasteiger charge is -2.17. The molecule has 0 fully saturated rings. The Kier molecular flexibility index (Phi) is 3.46. The van der Waals surface area contributed by atoms with Crippen molar-refractivity contribution in [1.29, 1.82) is 0 Å². The molecule has 0 aliphatic rings. The van der Waals surface area contributed by atoms with Crippen LogP contribution in [0, 0.1) is 0 Å². The maximum absolute atomic E-state index is 4.43. The molecule has 0 amide bonds. The summed E-state index contributed by atoms with van der Waals surface area (Å²) in [7, 11) is -0.588. The van der Waals surface area contributed by atoms with Crippen molar-refractivity contribution in [3.05, 3.63) is 85.1 Å². The number of hydrogen-bond donors (Lipinski definition) is 1. The molecular formula is C19H15N2P. The molecule has 2 aromatic carbocycles. The van der Waals surface area contributed by atoms with E-state index in [1.165, 1.54) is 16.0 Å². The zero-order valence-electron chi connectivity index (χ0n) is 12.0. The summed E-state index contributed by atoms with van der Waals surface area (Å²) in [6.07, 6.45) is 1.83. The van der Waals surface area contributed by atoms with Gasteiger partial charge >= 0.3 is 0 Å². The van der Waals surface area contributed by atoms with Crippen LogP contribution in [0.15, 0.2) is 85.1 Å². The quantitative estimate of drug-likeness (QED) is 0.578. The third-order valence-corrected chi connectivity index (χ3v) is 6.00. The molecule has 4 aromatic rings. The second-order valence-corrected chi connectivity index (χ2v) is 7.29. The summed E-state index contributed by atoms with van der Waals surface area (Å²) in [6, 6.07) is 27.7. The number of H-pyrrole nitrogens is 1. The molecule has 0 bridgehead atoms. The average Bonchev–Trinajstić information content (AvgIpc) is 3.00. The minimum atomic E-state index is -0.588. The number of nitrogens with zero attached hydrogens (tertiary/aromatic N) is 1. The second kappa shape index (κ2) is 5.75. The van der Waals surface area contributed by atoms with E-state index in [-0.39, 0.29) is 0 Å². The topological polar surface area (TPSA) is 28.7 Å². The van der Waals surface area contributed by atoms with Crippen LogP contribution in [0.4, 0.5) is 0 Å². The van der Waals surface area contributed by atoms with E-state index >= 15 is 0 Å². The number of benzene rings is 2. The fraction of sp³-hybridized carbons (Fsp3) is 0. The molecule has 22 heavy (non-hydrogen) atoms. The van der Waals surface area contributed by atoms with Gasteiger partial charge in [0.2, 0.25) is 0 Å². The lowest BCUT2D eigenvalue weighted by atomic mass is 10.3. The largest absolute Gasteiger partial charge is 0.339 e. The highest BCUT2D eigenvalue weighted by atomic mass is 31.1. The lowest BCUT2D eigenvalue weighted by Crippen LogP contribution is -2.21. The average molecular weight is 302 g/mol. The van der Waals surface area contributed by atoms with E-state index in [4.69, 9.17) is 0 Å². The van der Waals surface area contributed by atoms with Gasteiger partial charge in [-0.1, -0.05) is 60.7 Å². The van der Waals surface area contributed by atoms with Crippen molar-refractivity contribution in [3.8, 4) is 0 Å². The van der Waals surface area contributed by atoms with Gasteiger partial charge in [0.15, 0.2) is 0 Å². The zero-order valence-corrected chi connectivity index (χ0v) is 12.9. The van der Waals surface area contributed by atoms with Crippen LogP contribution in [0.3, 0.4) is 0 Å². The van der Waals surface area contributed by atoms with Crippen molar-refractivity contribution in [3.63, 3.8) is 0 Å². The summed E-state index contributed by atoms with van der Waals surface area (Å²) >= 11 is 0. The molecule has 0 unspecified atom stereocenters. The number of aromatic amines is 1. The fourth-order valence-electron chi connectivity index (χ4n) is 2.65. The van der Waals surface area contributed by atoms with Crippen LogP contribution < -0.4 is 16.0 Å². The minimum absolute atomic E-state index is 0.588. The van der Waals surface area contributed by atoms with E-state index in [9.17, 15) is 0 Å². The molecule has 0 saturated heterocycles. The lowest BCUT2D eigenvalue weighted by molar-refractivity contribution is 1.34. The van der Waals surface area contributed by atoms with Crippen LogP contribution in [0.25, 0.3) is 11.0 Å². The van der Waals surface area contributed by atoms with E-state index in [2.05, 4.69) is 82.8 Å². The highest BCUT2D eigenvalue weighted by molar-refractivity contribution is 7.79. The first kappa shape index (κ1) is 13.2. The highest BCUT2D eigenvalue weighted by Gasteiger charge is 2.18. The molecule has 3 heteroatoms. The SMILES string of the molecule is c1ccc(P(c2ccccc2)c2cc3cccnc3[nH]2)cc1. The molecule has 2 heterocycles.